The monoisotopic (exact) mass is 390 g/mol. The van der Waals surface area contributed by atoms with Crippen molar-refractivity contribution in [1.29, 1.82) is 0 Å². The van der Waals surface area contributed by atoms with E-state index in [1.165, 1.54) is 5.56 Å². The summed E-state index contributed by atoms with van der Waals surface area (Å²) in [6.07, 6.45) is 7.45. The summed E-state index contributed by atoms with van der Waals surface area (Å²) in [7, 11) is 1.80. The van der Waals surface area contributed by atoms with Crippen molar-refractivity contribution in [1.82, 2.24) is 15.8 Å². The number of rotatable bonds is 4. The van der Waals surface area contributed by atoms with Gasteiger partial charge in [0, 0.05) is 25.2 Å². The third-order valence-electron chi connectivity index (χ3n) is 3.42. The van der Waals surface area contributed by atoms with Crippen LogP contribution in [0.5, 0.6) is 0 Å². The van der Waals surface area contributed by atoms with Crippen molar-refractivity contribution in [3.63, 3.8) is 0 Å². The predicted octanol–water partition coefficient (Wildman–Crippen LogP) is 2.34. The van der Waals surface area contributed by atoms with Crippen LogP contribution < -0.4 is 10.6 Å². The summed E-state index contributed by atoms with van der Waals surface area (Å²) < 4.78 is 5.15. The van der Waals surface area contributed by atoms with Gasteiger partial charge in [0.25, 0.3) is 0 Å². The minimum Gasteiger partial charge on any atom is -0.361 e. The predicted molar refractivity (Wildman–Crippen MR) is 91.8 cm³/mol. The molecule has 20 heavy (non-hydrogen) atoms. The van der Waals surface area contributed by atoms with Crippen LogP contribution >= 0.6 is 24.0 Å². The van der Waals surface area contributed by atoms with Gasteiger partial charge in [-0.3, -0.25) is 4.99 Å². The molecule has 1 aliphatic carbocycles. The smallest absolute Gasteiger partial charge is 0.191 e. The molecular weight excluding hydrogens is 367 g/mol. The van der Waals surface area contributed by atoms with Crippen LogP contribution in [0.2, 0.25) is 0 Å². The average molecular weight is 390 g/mol. The van der Waals surface area contributed by atoms with Gasteiger partial charge in [-0.05, 0) is 33.1 Å². The van der Waals surface area contributed by atoms with Crippen molar-refractivity contribution < 1.29 is 4.52 Å². The Bertz CT molecular complexity index is 454. The van der Waals surface area contributed by atoms with Crippen molar-refractivity contribution >= 4 is 29.9 Å². The zero-order valence-electron chi connectivity index (χ0n) is 12.3. The SMILES string of the molecule is CN=C(NCCc1c(C)noc1C)NC1CC=CC1.I. The Labute approximate surface area is 137 Å². The maximum absolute atomic E-state index is 5.15. The summed E-state index contributed by atoms with van der Waals surface area (Å²) in [6, 6.07) is 0.477. The van der Waals surface area contributed by atoms with E-state index in [1.807, 2.05) is 13.8 Å². The van der Waals surface area contributed by atoms with Crippen molar-refractivity contribution in [3.8, 4) is 0 Å². The minimum absolute atomic E-state index is 0. The number of nitrogens with zero attached hydrogens (tertiary/aromatic N) is 2. The summed E-state index contributed by atoms with van der Waals surface area (Å²) >= 11 is 0. The Balaban J connectivity index is 0.00000200. The molecule has 0 saturated heterocycles. The second-order valence-corrected chi connectivity index (χ2v) is 4.84. The molecule has 1 aromatic rings. The zero-order chi connectivity index (χ0) is 13.7. The third kappa shape index (κ3) is 4.50. The van der Waals surface area contributed by atoms with E-state index in [0.717, 1.165) is 43.2 Å². The molecule has 0 fully saturated rings. The molecule has 6 heteroatoms. The molecule has 0 aliphatic heterocycles. The number of aliphatic imine (C=N–C) groups is 1. The molecule has 0 radical (unpaired) electrons. The topological polar surface area (TPSA) is 62.5 Å². The van der Waals surface area contributed by atoms with Crippen LogP contribution in [0.15, 0.2) is 21.7 Å². The number of halogens is 1. The number of hydrogen-bond acceptors (Lipinski definition) is 3. The molecular formula is C14H23IN4O. The molecule has 2 N–H and O–H groups in total. The van der Waals surface area contributed by atoms with Crippen molar-refractivity contribution in [2.45, 2.75) is 39.2 Å². The molecule has 0 spiro atoms. The molecule has 1 aromatic heterocycles. The summed E-state index contributed by atoms with van der Waals surface area (Å²) in [5, 5.41) is 10.7. The first-order chi connectivity index (χ1) is 9.20. The second kappa shape index (κ2) is 8.28. The molecule has 5 nitrogen and oxygen atoms in total. The Kier molecular flexibility index (Phi) is 7.04. The lowest BCUT2D eigenvalue weighted by molar-refractivity contribution is 0.392. The van der Waals surface area contributed by atoms with Crippen molar-refractivity contribution in [3.05, 3.63) is 29.2 Å². The number of guanidine groups is 1. The van der Waals surface area contributed by atoms with Crippen LogP contribution in [-0.4, -0.2) is 30.8 Å². The Hall–Kier alpha value is -1.05. The van der Waals surface area contributed by atoms with Crippen LogP contribution in [0.4, 0.5) is 0 Å². The molecule has 0 atom stereocenters. The summed E-state index contributed by atoms with van der Waals surface area (Å²) in [5.41, 5.74) is 2.16. The molecule has 2 rings (SSSR count). The number of nitrogens with one attached hydrogen (secondary N) is 2. The van der Waals surface area contributed by atoms with E-state index in [4.69, 9.17) is 4.52 Å². The number of aryl methyl sites for hydroxylation is 2. The molecule has 0 bridgehead atoms. The standard InChI is InChI=1S/C14H22N4O.HI/c1-10-13(11(2)19-18-10)8-9-16-14(15-3)17-12-6-4-5-7-12;/h4-5,12H,6-9H2,1-3H3,(H2,15,16,17);1H. The van der Waals surface area contributed by atoms with Gasteiger partial charge < -0.3 is 15.2 Å². The van der Waals surface area contributed by atoms with Crippen LogP contribution in [0.3, 0.4) is 0 Å². The highest BCUT2D eigenvalue weighted by Gasteiger charge is 2.12. The molecule has 1 heterocycles. The highest BCUT2D eigenvalue weighted by Crippen LogP contribution is 2.12. The average Bonchev–Trinajstić information content (AvgIpc) is 3.01. The van der Waals surface area contributed by atoms with E-state index < -0.39 is 0 Å². The molecule has 0 amide bonds. The molecule has 0 aromatic carbocycles. The lowest BCUT2D eigenvalue weighted by Gasteiger charge is -2.16. The Morgan fingerprint density at radius 3 is 2.65 bits per heavy atom. The van der Waals surface area contributed by atoms with E-state index in [-0.39, 0.29) is 24.0 Å². The first-order valence-corrected chi connectivity index (χ1v) is 6.74. The van der Waals surface area contributed by atoms with Gasteiger partial charge >= 0.3 is 0 Å². The van der Waals surface area contributed by atoms with Crippen LogP contribution in [-0.2, 0) is 6.42 Å². The van der Waals surface area contributed by atoms with E-state index in [9.17, 15) is 0 Å². The van der Waals surface area contributed by atoms with E-state index in [1.54, 1.807) is 7.05 Å². The van der Waals surface area contributed by atoms with Gasteiger partial charge in [-0.2, -0.15) is 0 Å². The quantitative estimate of drug-likeness (QED) is 0.359. The summed E-state index contributed by atoms with van der Waals surface area (Å²) in [5.74, 6) is 1.77. The minimum atomic E-state index is 0. The summed E-state index contributed by atoms with van der Waals surface area (Å²) in [6.45, 7) is 4.75. The first-order valence-electron chi connectivity index (χ1n) is 6.74. The second-order valence-electron chi connectivity index (χ2n) is 4.84. The lowest BCUT2D eigenvalue weighted by Crippen LogP contribution is -2.43. The fourth-order valence-electron chi connectivity index (χ4n) is 2.29. The van der Waals surface area contributed by atoms with Gasteiger partial charge in [0.1, 0.15) is 5.76 Å². The molecule has 112 valence electrons. The largest absolute Gasteiger partial charge is 0.361 e. The highest BCUT2D eigenvalue weighted by atomic mass is 127. The molecule has 1 aliphatic rings. The van der Waals surface area contributed by atoms with E-state index in [2.05, 4.69) is 32.9 Å². The Morgan fingerprint density at radius 1 is 1.40 bits per heavy atom. The van der Waals surface area contributed by atoms with Crippen LogP contribution in [0, 0.1) is 13.8 Å². The lowest BCUT2D eigenvalue weighted by atomic mass is 10.1. The van der Waals surface area contributed by atoms with Gasteiger partial charge in [-0.15, -0.1) is 24.0 Å². The maximum atomic E-state index is 5.15. The van der Waals surface area contributed by atoms with Gasteiger partial charge in [-0.25, -0.2) is 0 Å². The summed E-state index contributed by atoms with van der Waals surface area (Å²) in [4.78, 5) is 4.24. The molecule has 0 unspecified atom stereocenters. The molecule has 0 saturated carbocycles. The van der Waals surface area contributed by atoms with Crippen molar-refractivity contribution in [2.24, 2.45) is 4.99 Å². The Morgan fingerprint density at radius 2 is 2.10 bits per heavy atom. The van der Waals surface area contributed by atoms with Crippen LogP contribution in [0.1, 0.15) is 29.9 Å². The van der Waals surface area contributed by atoms with E-state index >= 15 is 0 Å². The maximum Gasteiger partial charge on any atom is 0.191 e. The highest BCUT2D eigenvalue weighted by molar-refractivity contribution is 14.0. The van der Waals surface area contributed by atoms with Gasteiger partial charge in [0.15, 0.2) is 5.96 Å². The van der Waals surface area contributed by atoms with Crippen molar-refractivity contribution in [2.75, 3.05) is 13.6 Å². The van der Waals surface area contributed by atoms with Gasteiger partial charge in [-0.1, -0.05) is 17.3 Å². The van der Waals surface area contributed by atoms with Gasteiger partial charge in [0.2, 0.25) is 0 Å². The zero-order valence-corrected chi connectivity index (χ0v) is 14.6. The van der Waals surface area contributed by atoms with Crippen LogP contribution in [0.25, 0.3) is 0 Å². The fourth-order valence-corrected chi connectivity index (χ4v) is 2.29. The fraction of sp³-hybridized carbons (Fsp3) is 0.571. The number of hydrogen-bond donors (Lipinski definition) is 2. The van der Waals surface area contributed by atoms with E-state index in [0.29, 0.717) is 6.04 Å². The normalized spacial score (nSPS) is 15.2. The van der Waals surface area contributed by atoms with Gasteiger partial charge in [0.05, 0.1) is 5.69 Å². The number of aromatic nitrogens is 1. The first kappa shape index (κ1) is 17.0. The third-order valence-corrected chi connectivity index (χ3v) is 3.42.